The number of hydrogen-bond acceptors (Lipinski definition) is 5. The average Bonchev–Trinajstić information content (AvgIpc) is 3.19. The van der Waals surface area contributed by atoms with Crippen LogP contribution < -0.4 is 5.32 Å². The third-order valence-electron chi connectivity index (χ3n) is 2.96. The molecule has 3 rings (SSSR count). The summed E-state index contributed by atoms with van der Waals surface area (Å²) in [4.78, 5) is 11.9. The largest absolute Gasteiger partial charge is 0.466 e. The number of carbonyl (C=O) groups is 1. The lowest BCUT2D eigenvalue weighted by Gasteiger charge is -2.00. The number of aryl methyl sites for hydroxylation is 1. The standard InChI is InChI=1S/C15H14N2O4/c1-10-4-5-11(20-10)6-7-16-15(18)12-9-14(21-17-12)13-3-2-8-19-13/h2-5,8-9H,6-7H2,1H3,(H,16,18). The molecule has 0 fully saturated rings. The molecule has 6 nitrogen and oxygen atoms in total. The van der Waals surface area contributed by atoms with Gasteiger partial charge in [-0.2, -0.15) is 0 Å². The molecule has 6 heteroatoms. The van der Waals surface area contributed by atoms with Crippen molar-refractivity contribution in [3.8, 4) is 11.5 Å². The highest BCUT2D eigenvalue weighted by Gasteiger charge is 2.14. The van der Waals surface area contributed by atoms with Crippen LogP contribution in [0.1, 0.15) is 22.0 Å². The minimum atomic E-state index is -0.292. The van der Waals surface area contributed by atoms with Crippen LogP contribution in [0.4, 0.5) is 0 Å². The van der Waals surface area contributed by atoms with Crippen molar-refractivity contribution in [1.82, 2.24) is 10.5 Å². The Kier molecular flexibility index (Phi) is 3.59. The molecular formula is C15H14N2O4. The van der Waals surface area contributed by atoms with E-state index in [1.54, 1.807) is 18.2 Å². The Morgan fingerprint density at radius 3 is 2.90 bits per heavy atom. The zero-order valence-corrected chi connectivity index (χ0v) is 11.5. The summed E-state index contributed by atoms with van der Waals surface area (Å²) < 4.78 is 15.7. The van der Waals surface area contributed by atoms with Crippen molar-refractivity contribution in [3.63, 3.8) is 0 Å². The van der Waals surface area contributed by atoms with Gasteiger partial charge in [0.15, 0.2) is 11.5 Å². The van der Waals surface area contributed by atoms with Gasteiger partial charge in [0.25, 0.3) is 5.91 Å². The highest BCUT2D eigenvalue weighted by molar-refractivity contribution is 5.92. The second-order valence-electron chi connectivity index (χ2n) is 4.57. The highest BCUT2D eigenvalue weighted by Crippen LogP contribution is 2.20. The minimum absolute atomic E-state index is 0.219. The Balaban J connectivity index is 1.56. The lowest BCUT2D eigenvalue weighted by molar-refractivity contribution is 0.0944. The average molecular weight is 286 g/mol. The van der Waals surface area contributed by atoms with Crippen LogP contribution >= 0.6 is 0 Å². The third kappa shape index (κ3) is 3.05. The lowest BCUT2D eigenvalue weighted by atomic mass is 10.3. The first-order valence-electron chi connectivity index (χ1n) is 6.56. The van der Waals surface area contributed by atoms with Crippen LogP contribution in [0.3, 0.4) is 0 Å². The molecule has 0 aromatic carbocycles. The van der Waals surface area contributed by atoms with Crippen LogP contribution in [0, 0.1) is 6.92 Å². The van der Waals surface area contributed by atoms with Gasteiger partial charge in [0.1, 0.15) is 11.5 Å². The molecule has 0 aliphatic heterocycles. The molecule has 21 heavy (non-hydrogen) atoms. The lowest BCUT2D eigenvalue weighted by Crippen LogP contribution is -2.25. The number of rotatable bonds is 5. The molecule has 0 aliphatic rings. The predicted molar refractivity (Wildman–Crippen MR) is 73.7 cm³/mol. The van der Waals surface area contributed by atoms with Crippen LogP contribution in [0.2, 0.25) is 0 Å². The zero-order valence-electron chi connectivity index (χ0n) is 11.5. The van der Waals surface area contributed by atoms with Gasteiger partial charge in [-0.15, -0.1) is 0 Å². The van der Waals surface area contributed by atoms with Crippen molar-refractivity contribution in [1.29, 1.82) is 0 Å². The second-order valence-corrected chi connectivity index (χ2v) is 4.57. The second kappa shape index (κ2) is 5.70. The maximum atomic E-state index is 11.9. The molecule has 1 amide bonds. The summed E-state index contributed by atoms with van der Waals surface area (Å²) in [5.74, 6) is 2.36. The van der Waals surface area contributed by atoms with E-state index < -0.39 is 0 Å². The fraction of sp³-hybridized carbons (Fsp3) is 0.200. The Bertz CT molecular complexity index is 725. The summed E-state index contributed by atoms with van der Waals surface area (Å²) in [5, 5.41) is 6.49. The molecule has 0 saturated carbocycles. The van der Waals surface area contributed by atoms with E-state index in [2.05, 4.69) is 10.5 Å². The topological polar surface area (TPSA) is 81.4 Å². The van der Waals surface area contributed by atoms with Crippen molar-refractivity contribution >= 4 is 5.91 Å². The van der Waals surface area contributed by atoms with Gasteiger partial charge < -0.3 is 18.7 Å². The predicted octanol–water partition coefficient (Wildman–Crippen LogP) is 2.81. The van der Waals surface area contributed by atoms with Crippen molar-refractivity contribution < 1.29 is 18.2 Å². The Morgan fingerprint density at radius 2 is 2.19 bits per heavy atom. The highest BCUT2D eigenvalue weighted by atomic mass is 16.5. The number of aromatic nitrogens is 1. The van der Waals surface area contributed by atoms with E-state index in [-0.39, 0.29) is 11.6 Å². The molecule has 0 aliphatic carbocycles. The molecule has 0 spiro atoms. The molecule has 3 aromatic heterocycles. The van der Waals surface area contributed by atoms with Gasteiger partial charge in [-0.1, -0.05) is 5.16 Å². The molecular weight excluding hydrogens is 272 g/mol. The SMILES string of the molecule is Cc1ccc(CCNC(=O)c2cc(-c3ccco3)on2)o1. The van der Waals surface area contributed by atoms with Gasteiger partial charge in [0.2, 0.25) is 5.76 Å². The number of amides is 1. The smallest absolute Gasteiger partial charge is 0.273 e. The first kappa shape index (κ1) is 13.2. The van der Waals surface area contributed by atoms with E-state index in [1.165, 1.54) is 6.26 Å². The molecule has 0 unspecified atom stereocenters. The number of hydrogen-bond donors (Lipinski definition) is 1. The molecule has 0 radical (unpaired) electrons. The van der Waals surface area contributed by atoms with Gasteiger partial charge in [0.05, 0.1) is 6.26 Å². The fourth-order valence-electron chi connectivity index (χ4n) is 1.93. The number of furan rings is 2. The van der Waals surface area contributed by atoms with Crippen LogP contribution in [-0.2, 0) is 6.42 Å². The van der Waals surface area contributed by atoms with E-state index in [0.717, 1.165) is 11.5 Å². The maximum Gasteiger partial charge on any atom is 0.273 e. The Hall–Kier alpha value is -2.76. The number of nitrogens with zero attached hydrogens (tertiary/aromatic N) is 1. The van der Waals surface area contributed by atoms with Gasteiger partial charge in [-0.25, -0.2) is 0 Å². The molecule has 108 valence electrons. The summed E-state index contributed by atoms with van der Waals surface area (Å²) in [6, 6.07) is 8.81. The maximum absolute atomic E-state index is 11.9. The van der Waals surface area contributed by atoms with Crippen molar-refractivity contribution in [2.45, 2.75) is 13.3 Å². The molecule has 3 heterocycles. The summed E-state index contributed by atoms with van der Waals surface area (Å²) >= 11 is 0. The minimum Gasteiger partial charge on any atom is -0.466 e. The Morgan fingerprint density at radius 1 is 1.29 bits per heavy atom. The van der Waals surface area contributed by atoms with Crippen LogP contribution in [-0.4, -0.2) is 17.6 Å². The third-order valence-corrected chi connectivity index (χ3v) is 2.96. The van der Waals surface area contributed by atoms with Gasteiger partial charge in [0, 0.05) is 19.0 Å². The van der Waals surface area contributed by atoms with E-state index in [1.807, 2.05) is 19.1 Å². The van der Waals surface area contributed by atoms with E-state index in [0.29, 0.717) is 24.5 Å². The van der Waals surface area contributed by atoms with Crippen LogP contribution in [0.15, 0.2) is 50.0 Å². The van der Waals surface area contributed by atoms with Crippen molar-refractivity contribution in [2.24, 2.45) is 0 Å². The fourth-order valence-corrected chi connectivity index (χ4v) is 1.93. The molecule has 3 aromatic rings. The summed E-state index contributed by atoms with van der Waals surface area (Å²) in [6.45, 7) is 2.35. The van der Waals surface area contributed by atoms with Crippen molar-refractivity contribution in [2.75, 3.05) is 6.54 Å². The first-order valence-corrected chi connectivity index (χ1v) is 6.56. The summed E-state index contributed by atoms with van der Waals surface area (Å²) in [5.41, 5.74) is 0.219. The van der Waals surface area contributed by atoms with E-state index in [4.69, 9.17) is 13.4 Å². The molecule has 0 saturated heterocycles. The van der Waals surface area contributed by atoms with Gasteiger partial charge in [-0.05, 0) is 31.2 Å². The van der Waals surface area contributed by atoms with Crippen molar-refractivity contribution in [3.05, 3.63) is 53.8 Å². The number of nitrogens with one attached hydrogen (secondary N) is 1. The Labute approximate surface area is 120 Å². The molecule has 0 atom stereocenters. The monoisotopic (exact) mass is 286 g/mol. The molecule has 1 N–H and O–H groups in total. The quantitative estimate of drug-likeness (QED) is 0.780. The van der Waals surface area contributed by atoms with Crippen LogP contribution in [0.25, 0.3) is 11.5 Å². The normalized spacial score (nSPS) is 10.7. The van der Waals surface area contributed by atoms with Gasteiger partial charge in [-0.3, -0.25) is 4.79 Å². The van der Waals surface area contributed by atoms with E-state index >= 15 is 0 Å². The van der Waals surface area contributed by atoms with Crippen LogP contribution in [0.5, 0.6) is 0 Å². The first-order chi connectivity index (χ1) is 10.2. The molecule has 0 bridgehead atoms. The zero-order chi connectivity index (χ0) is 14.7. The summed E-state index contributed by atoms with van der Waals surface area (Å²) in [6.07, 6.45) is 2.16. The summed E-state index contributed by atoms with van der Waals surface area (Å²) in [7, 11) is 0. The van der Waals surface area contributed by atoms with E-state index in [9.17, 15) is 4.79 Å². The van der Waals surface area contributed by atoms with Gasteiger partial charge >= 0.3 is 0 Å². The number of carbonyl (C=O) groups excluding carboxylic acids is 1.